The number of hydrogen-bond acceptors (Lipinski definition) is 2. The Balaban J connectivity index is 0.00000111. The minimum atomic E-state index is 0.0375. The Hall–Kier alpha value is -4.04. The molecule has 0 amide bonds. The summed E-state index contributed by atoms with van der Waals surface area (Å²) in [6, 6.07) is 17.3. The SMILES string of the molecule is C#C.CC.C[C@@H]1/C(=C\C=C2/CCCC(/C=C/CC(C)(C)c3ccccc3[NH3+])=C2[NH+]2C=CC(N3CCCC3)=C2)Nc2ccccc21. The molecular formula is C41H54N4+2. The average Bonchev–Trinajstić information content (AvgIpc) is 3.83. The Morgan fingerprint density at radius 1 is 0.978 bits per heavy atom. The quantitative estimate of drug-likeness (QED) is 0.282. The van der Waals surface area contributed by atoms with Crippen LogP contribution in [0.1, 0.15) is 90.2 Å². The molecule has 0 radical (unpaired) electrons. The minimum Gasteiger partial charge on any atom is -0.367 e. The van der Waals surface area contributed by atoms with Crippen molar-refractivity contribution in [2.75, 3.05) is 18.4 Å². The molecule has 2 aromatic rings. The number of nitrogens with zero attached hydrogens (tertiary/aromatic N) is 1. The van der Waals surface area contributed by atoms with Crippen molar-refractivity contribution < 1.29 is 10.6 Å². The maximum Gasteiger partial charge on any atom is 0.146 e. The molecule has 1 saturated heterocycles. The molecule has 3 aliphatic heterocycles. The second kappa shape index (κ2) is 15.8. The monoisotopic (exact) mass is 602 g/mol. The molecule has 236 valence electrons. The van der Waals surface area contributed by atoms with Crippen LogP contribution in [-0.2, 0) is 5.41 Å². The predicted molar refractivity (Wildman–Crippen MR) is 192 cm³/mol. The van der Waals surface area contributed by atoms with Crippen molar-refractivity contribution >= 4 is 11.4 Å². The zero-order chi connectivity index (χ0) is 32.4. The lowest BCUT2D eigenvalue weighted by molar-refractivity contribution is -0.741. The van der Waals surface area contributed by atoms with Crippen molar-refractivity contribution in [3.8, 4) is 12.8 Å². The number of rotatable bonds is 7. The number of hydrogen-bond donors (Lipinski definition) is 3. The third kappa shape index (κ3) is 7.79. The molecule has 6 rings (SSSR count). The summed E-state index contributed by atoms with van der Waals surface area (Å²) in [6.45, 7) is 13.3. The molecule has 0 saturated carbocycles. The highest BCUT2D eigenvalue weighted by atomic mass is 15.2. The fraction of sp³-hybridized carbons (Fsp3) is 0.366. The summed E-state index contributed by atoms with van der Waals surface area (Å²) in [5.41, 5.74) is 16.5. The van der Waals surface area contributed by atoms with Gasteiger partial charge >= 0.3 is 0 Å². The van der Waals surface area contributed by atoms with Crippen LogP contribution in [0.2, 0.25) is 0 Å². The number of nitrogens with one attached hydrogen (secondary N) is 2. The van der Waals surface area contributed by atoms with E-state index in [9.17, 15) is 0 Å². The van der Waals surface area contributed by atoms with E-state index in [0.717, 1.165) is 24.9 Å². The number of likely N-dealkylation sites (tertiary alicyclic amines) is 1. The first-order chi connectivity index (χ1) is 21.9. The molecule has 3 heterocycles. The summed E-state index contributed by atoms with van der Waals surface area (Å²) in [7, 11) is 0. The van der Waals surface area contributed by atoms with Gasteiger partial charge in [0.25, 0.3) is 0 Å². The van der Waals surface area contributed by atoms with Crippen molar-refractivity contribution in [3.63, 3.8) is 0 Å². The Kier molecular flexibility index (Phi) is 11.9. The van der Waals surface area contributed by atoms with Crippen molar-refractivity contribution in [2.45, 2.75) is 84.5 Å². The molecule has 5 N–H and O–H groups in total. The lowest BCUT2D eigenvalue weighted by atomic mass is 9.80. The third-order valence-corrected chi connectivity index (χ3v) is 9.36. The molecule has 45 heavy (non-hydrogen) atoms. The standard InChI is InChI=1S/C37H44N4.C2H6.C2H2/c1-27-31-15-4-7-18-35(31)39-34(27)20-19-29-13-10-12-28(14-11-22-37(2,3)32-16-5-6-17-33(32)38)36(29)41-25-21-30(26-41)40-23-8-9-24-40;2*1-2/h4-7,11,14-21,25-27,39H,8-10,12-13,22-24,38H2,1-3H3;1-2H3;1-2H/p+2/b14-11+,29-19+,34-20+;;/t27-;;/m0../s1. The van der Waals surface area contributed by atoms with Gasteiger partial charge in [0.1, 0.15) is 23.8 Å². The Morgan fingerprint density at radius 3 is 2.42 bits per heavy atom. The minimum absolute atomic E-state index is 0.0375. The van der Waals surface area contributed by atoms with E-state index in [4.69, 9.17) is 0 Å². The number of para-hydroxylation sites is 1. The van der Waals surface area contributed by atoms with Gasteiger partial charge in [0, 0.05) is 53.2 Å². The van der Waals surface area contributed by atoms with Crippen molar-refractivity contribution in [1.29, 1.82) is 0 Å². The first kappa shape index (κ1) is 33.8. The van der Waals surface area contributed by atoms with Gasteiger partial charge in [0.15, 0.2) is 0 Å². The van der Waals surface area contributed by atoms with Gasteiger partial charge < -0.3 is 16.0 Å². The molecule has 4 heteroatoms. The van der Waals surface area contributed by atoms with E-state index < -0.39 is 0 Å². The second-order valence-corrected chi connectivity index (χ2v) is 12.7. The average molecular weight is 603 g/mol. The maximum atomic E-state index is 4.30. The molecule has 4 nitrogen and oxygen atoms in total. The van der Waals surface area contributed by atoms with E-state index in [1.807, 2.05) is 13.8 Å². The Morgan fingerprint density at radius 2 is 1.69 bits per heavy atom. The largest absolute Gasteiger partial charge is 0.367 e. The molecule has 2 aromatic carbocycles. The Labute approximate surface area is 272 Å². The number of terminal acetylenes is 1. The van der Waals surface area contributed by atoms with Crippen LogP contribution in [0.3, 0.4) is 0 Å². The number of anilines is 1. The molecule has 0 spiro atoms. The number of benzene rings is 2. The highest BCUT2D eigenvalue weighted by molar-refractivity contribution is 5.65. The van der Waals surface area contributed by atoms with Crippen molar-refractivity contribution in [2.24, 2.45) is 0 Å². The summed E-state index contributed by atoms with van der Waals surface area (Å²) in [4.78, 5) is 3.92. The van der Waals surface area contributed by atoms with E-state index in [2.05, 4.69) is 141 Å². The number of fused-ring (bicyclic) bond motifs is 1. The van der Waals surface area contributed by atoms with E-state index in [0.29, 0.717) is 5.92 Å². The second-order valence-electron chi connectivity index (χ2n) is 12.7. The van der Waals surface area contributed by atoms with E-state index >= 15 is 0 Å². The summed E-state index contributed by atoms with van der Waals surface area (Å²) < 4.78 is 0. The van der Waals surface area contributed by atoms with E-state index in [1.54, 1.807) is 0 Å². The number of allylic oxidation sites excluding steroid dienone is 8. The molecule has 4 aliphatic rings. The van der Waals surface area contributed by atoms with Gasteiger partial charge in [-0.05, 0) is 67.7 Å². The van der Waals surface area contributed by atoms with Gasteiger partial charge in [-0.15, -0.1) is 12.8 Å². The number of quaternary nitrogens is 2. The highest BCUT2D eigenvalue weighted by Gasteiger charge is 2.30. The van der Waals surface area contributed by atoms with Gasteiger partial charge in [0.05, 0.1) is 5.70 Å². The third-order valence-electron chi connectivity index (χ3n) is 9.36. The molecule has 1 aliphatic carbocycles. The van der Waals surface area contributed by atoms with Gasteiger partial charge in [-0.25, -0.2) is 4.90 Å². The van der Waals surface area contributed by atoms with Crippen LogP contribution in [0.15, 0.2) is 120 Å². The smallest absolute Gasteiger partial charge is 0.146 e. The lowest BCUT2D eigenvalue weighted by Gasteiger charge is -2.25. The van der Waals surface area contributed by atoms with Gasteiger partial charge in [-0.1, -0.05) is 89.2 Å². The van der Waals surface area contributed by atoms with Crippen LogP contribution in [0.25, 0.3) is 0 Å². The molecule has 1 fully saturated rings. The van der Waals surface area contributed by atoms with Crippen LogP contribution in [0, 0.1) is 12.8 Å². The molecule has 1 unspecified atom stereocenters. The summed E-state index contributed by atoms with van der Waals surface area (Å²) >= 11 is 0. The fourth-order valence-corrected chi connectivity index (χ4v) is 6.97. The Bertz CT molecular complexity index is 1520. The zero-order valence-corrected chi connectivity index (χ0v) is 28.2. The first-order valence-electron chi connectivity index (χ1n) is 16.8. The van der Waals surface area contributed by atoms with Crippen LogP contribution >= 0.6 is 0 Å². The summed E-state index contributed by atoms with van der Waals surface area (Å²) in [5.74, 6) is 0.386. The van der Waals surface area contributed by atoms with Gasteiger partial charge in [-0.3, -0.25) is 0 Å². The van der Waals surface area contributed by atoms with E-state index in [-0.39, 0.29) is 5.41 Å². The van der Waals surface area contributed by atoms with Crippen LogP contribution < -0.4 is 16.0 Å². The van der Waals surface area contributed by atoms with E-state index in [1.165, 1.54) is 82.3 Å². The topological polar surface area (TPSA) is 47.4 Å². The normalized spacial score (nSPS) is 22.6. The summed E-state index contributed by atoms with van der Waals surface area (Å²) in [6.07, 6.45) is 31.7. The van der Waals surface area contributed by atoms with Crippen LogP contribution in [-0.4, -0.2) is 18.0 Å². The fourth-order valence-electron chi connectivity index (χ4n) is 6.97. The van der Waals surface area contributed by atoms with Crippen molar-refractivity contribution in [1.82, 2.24) is 4.90 Å². The first-order valence-corrected chi connectivity index (χ1v) is 16.8. The predicted octanol–water partition coefficient (Wildman–Crippen LogP) is 7.89. The van der Waals surface area contributed by atoms with Gasteiger partial charge in [0.2, 0.25) is 0 Å². The lowest BCUT2D eigenvalue weighted by Crippen LogP contribution is -3.00. The van der Waals surface area contributed by atoms with Crippen molar-refractivity contribution in [3.05, 3.63) is 131 Å². The molecule has 0 bridgehead atoms. The van der Waals surface area contributed by atoms with Crippen LogP contribution in [0.5, 0.6) is 0 Å². The van der Waals surface area contributed by atoms with Crippen LogP contribution in [0.4, 0.5) is 11.4 Å². The molecule has 2 atom stereocenters. The highest BCUT2D eigenvalue weighted by Crippen LogP contribution is 2.38. The molecular weight excluding hydrogens is 548 g/mol. The molecule has 0 aromatic heterocycles. The summed E-state index contributed by atoms with van der Waals surface area (Å²) in [5, 5.41) is 3.68. The van der Waals surface area contributed by atoms with Gasteiger partial charge in [-0.2, -0.15) is 0 Å². The zero-order valence-electron chi connectivity index (χ0n) is 28.2. The maximum absolute atomic E-state index is 4.30.